The molecule has 160 valence electrons. The van der Waals surface area contributed by atoms with Gasteiger partial charge in [-0.15, -0.1) is 0 Å². The van der Waals surface area contributed by atoms with Gasteiger partial charge in [-0.2, -0.15) is 13.2 Å². The summed E-state index contributed by atoms with van der Waals surface area (Å²) in [6, 6.07) is 13.8. The van der Waals surface area contributed by atoms with Crippen LogP contribution in [0.2, 0.25) is 0 Å². The maximum absolute atomic E-state index is 14.3. The van der Waals surface area contributed by atoms with Gasteiger partial charge in [-0.3, -0.25) is 0 Å². The Labute approximate surface area is 178 Å². The van der Waals surface area contributed by atoms with Gasteiger partial charge in [0.1, 0.15) is 11.6 Å². The summed E-state index contributed by atoms with van der Waals surface area (Å²) in [5.74, 6) is 1.57. The van der Waals surface area contributed by atoms with Crippen LogP contribution in [0.25, 0.3) is 21.9 Å². The van der Waals surface area contributed by atoms with Crippen LogP contribution in [0.5, 0.6) is 0 Å². The van der Waals surface area contributed by atoms with E-state index in [0.717, 1.165) is 34.7 Å². The van der Waals surface area contributed by atoms with Crippen LogP contribution < -0.4 is 0 Å². The van der Waals surface area contributed by atoms with E-state index >= 15 is 0 Å². The van der Waals surface area contributed by atoms with Crippen LogP contribution in [0.1, 0.15) is 49.7 Å². The Morgan fingerprint density at radius 1 is 0.774 bits per heavy atom. The highest BCUT2D eigenvalue weighted by atomic mass is 19.4. The second-order valence-corrected chi connectivity index (χ2v) is 8.34. The minimum absolute atomic E-state index is 0.250. The molecular formula is C26H21F5. The fourth-order valence-electron chi connectivity index (χ4n) is 4.28. The molecule has 3 aromatic rings. The molecule has 0 heterocycles. The lowest BCUT2D eigenvalue weighted by molar-refractivity contribution is -0.0696. The molecule has 1 saturated carbocycles. The maximum Gasteiger partial charge on any atom is 0.458 e. The number of hydrogen-bond donors (Lipinski definition) is 0. The Kier molecular flexibility index (Phi) is 5.75. The van der Waals surface area contributed by atoms with E-state index in [-0.39, 0.29) is 5.56 Å². The molecule has 5 heteroatoms. The first kappa shape index (κ1) is 21.4. The van der Waals surface area contributed by atoms with Crippen LogP contribution in [0, 0.1) is 29.4 Å². The van der Waals surface area contributed by atoms with Crippen LogP contribution in [0.3, 0.4) is 0 Å². The molecule has 0 saturated heterocycles. The average molecular weight is 428 g/mol. The highest BCUT2D eigenvalue weighted by molar-refractivity contribution is 5.88. The molecule has 0 aliphatic heterocycles. The number of benzene rings is 3. The minimum Gasteiger partial charge on any atom is -0.205 e. The lowest BCUT2D eigenvalue weighted by Crippen LogP contribution is -2.10. The summed E-state index contributed by atoms with van der Waals surface area (Å²) in [7, 11) is 0. The number of alkyl halides is 3. The molecule has 3 aromatic carbocycles. The first-order valence-electron chi connectivity index (χ1n) is 10.3. The molecule has 0 spiro atoms. The molecule has 0 unspecified atom stereocenters. The molecule has 31 heavy (non-hydrogen) atoms. The molecule has 4 rings (SSSR count). The van der Waals surface area contributed by atoms with Gasteiger partial charge in [0, 0.05) is 5.92 Å². The lowest BCUT2D eigenvalue weighted by Gasteiger charge is -2.26. The zero-order valence-electron chi connectivity index (χ0n) is 17.0. The van der Waals surface area contributed by atoms with Crippen LogP contribution in [0.4, 0.5) is 22.0 Å². The summed E-state index contributed by atoms with van der Waals surface area (Å²) in [5, 5.41) is 1.99. The van der Waals surface area contributed by atoms with E-state index in [4.69, 9.17) is 0 Å². The highest BCUT2D eigenvalue weighted by Gasteiger charge is 2.24. The summed E-state index contributed by atoms with van der Waals surface area (Å²) < 4.78 is 65.3. The van der Waals surface area contributed by atoms with Gasteiger partial charge in [-0.05, 0) is 70.3 Å². The van der Waals surface area contributed by atoms with Crippen LogP contribution in [0.15, 0.2) is 48.5 Å². The van der Waals surface area contributed by atoms with Crippen molar-refractivity contribution in [3.8, 4) is 23.0 Å². The van der Waals surface area contributed by atoms with Gasteiger partial charge in [0.25, 0.3) is 0 Å². The quantitative estimate of drug-likeness (QED) is 0.287. The molecule has 1 aliphatic carbocycles. The van der Waals surface area contributed by atoms with Crippen LogP contribution in [-0.2, 0) is 0 Å². The van der Waals surface area contributed by atoms with E-state index in [0.29, 0.717) is 11.5 Å². The smallest absolute Gasteiger partial charge is 0.205 e. The van der Waals surface area contributed by atoms with E-state index in [1.54, 1.807) is 12.0 Å². The van der Waals surface area contributed by atoms with Crippen molar-refractivity contribution in [1.29, 1.82) is 0 Å². The Balaban J connectivity index is 1.64. The Hall–Kier alpha value is -2.87. The van der Waals surface area contributed by atoms with Crippen molar-refractivity contribution < 1.29 is 22.0 Å². The normalized spacial score (nSPS) is 19.2. The maximum atomic E-state index is 14.3. The third kappa shape index (κ3) is 4.90. The summed E-state index contributed by atoms with van der Waals surface area (Å²) >= 11 is 0. The third-order valence-corrected chi connectivity index (χ3v) is 6.06. The zero-order chi connectivity index (χ0) is 22.2. The number of rotatable bonds is 2. The van der Waals surface area contributed by atoms with E-state index in [1.807, 2.05) is 18.2 Å². The second kappa shape index (κ2) is 8.34. The van der Waals surface area contributed by atoms with Crippen molar-refractivity contribution in [2.45, 2.75) is 44.7 Å². The highest BCUT2D eigenvalue weighted by Crippen LogP contribution is 2.37. The molecule has 0 bridgehead atoms. The first-order chi connectivity index (χ1) is 14.7. The molecule has 1 fully saturated rings. The molecule has 0 nitrogen and oxygen atoms in total. The van der Waals surface area contributed by atoms with Gasteiger partial charge in [0.05, 0.1) is 5.56 Å². The first-order valence-corrected chi connectivity index (χ1v) is 10.3. The van der Waals surface area contributed by atoms with Crippen molar-refractivity contribution in [2.75, 3.05) is 0 Å². The zero-order valence-corrected chi connectivity index (χ0v) is 17.0. The van der Waals surface area contributed by atoms with Crippen molar-refractivity contribution in [3.63, 3.8) is 0 Å². The average Bonchev–Trinajstić information content (AvgIpc) is 2.72. The van der Waals surface area contributed by atoms with Gasteiger partial charge in [-0.1, -0.05) is 56.0 Å². The summed E-state index contributed by atoms with van der Waals surface area (Å²) in [6.45, 7) is 2.29. The van der Waals surface area contributed by atoms with Gasteiger partial charge >= 0.3 is 6.18 Å². The second-order valence-electron chi connectivity index (χ2n) is 8.34. The minimum atomic E-state index is -4.81. The van der Waals surface area contributed by atoms with Crippen molar-refractivity contribution in [1.82, 2.24) is 0 Å². The van der Waals surface area contributed by atoms with Gasteiger partial charge in [0.15, 0.2) is 0 Å². The Morgan fingerprint density at radius 2 is 1.39 bits per heavy atom. The van der Waals surface area contributed by atoms with Gasteiger partial charge < -0.3 is 0 Å². The van der Waals surface area contributed by atoms with Gasteiger partial charge in [-0.25, -0.2) is 8.78 Å². The molecule has 0 amide bonds. The predicted octanol–water partition coefficient (Wildman–Crippen LogP) is 7.99. The fraction of sp³-hybridized carbons (Fsp3) is 0.308. The van der Waals surface area contributed by atoms with Crippen molar-refractivity contribution in [3.05, 3.63) is 71.3 Å². The van der Waals surface area contributed by atoms with E-state index < -0.39 is 23.4 Å². The van der Waals surface area contributed by atoms with E-state index in [9.17, 15) is 22.0 Å². The van der Waals surface area contributed by atoms with E-state index in [2.05, 4.69) is 19.1 Å². The molecule has 0 radical (unpaired) electrons. The summed E-state index contributed by atoms with van der Waals surface area (Å²) in [6.07, 6.45) is 0.0363. The Morgan fingerprint density at radius 3 is 2.03 bits per heavy atom. The van der Waals surface area contributed by atoms with Crippen LogP contribution in [-0.4, -0.2) is 6.18 Å². The third-order valence-electron chi connectivity index (χ3n) is 6.06. The number of fused-ring (bicyclic) bond motifs is 1. The summed E-state index contributed by atoms with van der Waals surface area (Å²) in [4.78, 5) is 0. The van der Waals surface area contributed by atoms with Crippen LogP contribution >= 0.6 is 0 Å². The van der Waals surface area contributed by atoms with E-state index in [1.165, 1.54) is 31.2 Å². The molecule has 1 aliphatic rings. The molecular weight excluding hydrogens is 407 g/mol. The molecule has 0 aromatic heterocycles. The van der Waals surface area contributed by atoms with Crippen molar-refractivity contribution in [2.24, 2.45) is 5.92 Å². The molecule has 0 N–H and O–H groups in total. The predicted molar refractivity (Wildman–Crippen MR) is 113 cm³/mol. The monoisotopic (exact) mass is 428 g/mol. The SMILES string of the molecule is CC1CCC(c2ccc3cc(-c4cc(F)c(C#CC(F)(F)F)c(F)c4)ccc3c2)CC1. The Bertz CT molecular complexity index is 1150. The fourth-order valence-corrected chi connectivity index (χ4v) is 4.28. The summed E-state index contributed by atoms with van der Waals surface area (Å²) in [5.41, 5.74) is 1.27. The lowest BCUT2D eigenvalue weighted by atomic mass is 9.79. The number of halogens is 5. The largest absolute Gasteiger partial charge is 0.458 e. The standard InChI is InChI=1S/C26H21F5/c1-16-2-4-17(5-3-16)18-6-7-20-13-21(9-8-19(20)12-18)22-14-24(27)23(25(28)15-22)10-11-26(29,30)31/h6-9,12-17H,2-5H2,1H3. The molecule has 0 atom stereocenters. The number of hydrogen-bond acceptors (Lipinski definition) is 0. The topological polar surface area (TPSA) is 0 Å². The van der Waals surface area contributed by atoms with Crippen molar-refractivity contribution >= 4 is 10.8 Å². The van der Waals surface area contributed by atoms with Gasteiger partial charge in [0.2, 0.25) is 0 Å².